The summed E-state index contributed by atoms with van der Waals surface area (Å²) in [5.74, 6) is 0.498. The molecule has 2 aromatic rings. The Morgan fingerprint density at radius 2 is 1.92 bits per heavy atom. The average molecular weight is 375 g/mol. The van der Waals surface area contributed by atoms with Crippen LogP contribution in [-0.2, 0) is 9.84 Å². The molecule has 2 atom stereocenters. The van der Waals surface area contributed by atoms with Crippen LogP contribution in [0.2, 0.25) is 0 Å². The highest BCUT2D eigenvalue weighted by Crippen LogP contribution is 2.28. The summed E-state index contributed by atoms with van der Waals surface area (Å²) in [6.45, 7) is 7.36. The summed E-state index contributed by atoms with van der Waals surface area (Å²) in [4.78, 5) is 11.6. The van der Waals surface area contributed by atoms with E-state index in [0.29, 0.717) is 18.2 Å². The Hall–Kier alpha value is -2.03. The quantitative estimate of drug-likeness (QED) is 0.829. The van der Waals surface area contributed by atoms with Crippen LogP contribution in [0, 0.1) is 0 Å². The molecule has 7 nitrogen and oxygen atoms in total. The standard InChI is InChI=1S/C18H25N5O2S/c1-12(2)23-13(3)20-11-17(23)16-9-10-19-18(22-16)21-14-5-7-15(8-6-14)26(4,24)25/h5-10,12-13,17,20H,11H2,1-4H3,(H,19,21,22). The van der Waals surface area contributed by atoms with Crippen LogP contribution in [0.3, 0.4) is 0 Å². The molecule has 140 valence electrons. The average Bonchev–Trinajstić information content (AvgIpc) is 2.97. The maximum atomic E-state index is 11.6. The third-order valence-corrected chi connectivity index (χ3v) is 5.70. The van der Waals surface area contributed by atoms with E-state index < -0.39 is 9.84 Å². The molecule has 3 rings (SSSR count). The van der Waals surface area contributed by atoms with Crippen molar-refractivity contribution >= 4 is 21.5 Å². The van der Waals surface area contributed by atoms with Crippen LogP contribution in [0.25, 0.3) is 0 Å². The SMILES string of the molecule is CC(C)N1C(C)NCC1c1ccnc(Nc2ccc(S(C)(=O)=O)cc2)n1. The lowest BCUT2D eigenvalue weighted by molar-refractivity contribution is 0.153. The Bertz CT molecular complexity index is 867. The highest BCUT2D eigenvalue weighted by atomic mass is 32.2. The summed E-state index contributed by atoms with van der Waals surface area (Å²) in [6, 6.07) is 9.12. The Morgan fingerprint density at radius 1 is 1.23 bits per heavy atom. The van der Waals surface area contributed by atoms with Gasteiger partial charge in [0.2, 0.25) is 5.95 Å². The molecule has 26 heavy (non-hydrogen) atoms. The molecule has 2 heterocycles. The van der Waals surface area contributed by atoms with E-state index in [1.54, 1.807) is 30.5 Å². The fourth-order valence-electron chi connectivity index (χ4n) is 3.36. The van der Waals surface area contributed by atoms with Crippen LogP contribution in [0.15, 0.2) is 41.4 Å². The first-order chi connectivity index (χ1) is 12.3. The molecule has 2 unspecified atom stereocenters. The van der Waals surface area contributed by atoms with Crippen molar-refractivity contribution in [1.82, 2.24) is 20.2 Å². The first-order valence-electron chi connectivity index (χ1n) is 8.66. The second-order valence-corrected chi connectivity index (χ2v) is 8.88. The normalized spacial score (nSPS) is 21.3. The number of benzene rings is 1. The predicted molar refractivity (Wildman–Crippen MR) is 102 cm³/mol. The highest BCUT2D eigenvalue weighted by Gasteiger charge is 2.34. The minimum Gasteiger partial charge on any atom is -0.324 e. The summed E-state index contributed by atoms with van der Waals surface area (Å²) >= 11 is 0. The number of anilines is 2. The van der Waals surface area contributed by atoms with Crippen LogP contribution >= 0.6 is 0 Å². The summed E-state index contributed by atoms with van der Waals surface area (Å²) in [5.41, 5.74) is 1.70. The van der Waals surface area contributed by atoms with Crippen LogP contribution in [0.4, 0.5) is 11.6 Å². The minimum atomic E-state index is -3.20. The van der Waals surface area contributed by atoms with Crippen LogP contribution in [0.5, 0.6) is 0 Å². The number of rotatable bonds is 5. The van der Waals surface area contributed by atoms with Crippen molar-refractivity contribution < 1.29 is 8.42 Å². The van der Waals surface area contributed by atoms with E-state index in [1.807, 2.05) is 6.07 Å². The van der Waals surface area contributed by atoms with Crippen molar-refractivity contribution in [2.24, 2.45) is 0 Å². The lowest BCUT2D eigenvalue weighted by Gasteiger charge is -2.30. The summed E-state index contributed by atoms with van der Waals surface area (Å²) in [7, 11) is -3.20. The molecule has 1 aliphatic rings. The third-order valence-electron chi connectivity index (χ3n) is 4.57. The van der Waals surface area contributed by atoms with Gasteiger partial charge in [-0.2, -0.15) is 0 Å². The van der Waals surface area contributed by atoms with E-state index in [1.165, 1.54) is 6.26 Å². The van der Waals surface area contributed by atoms with E-state index in [2.05, 4.69) is 46.3 Å². The molecule has 1 aliphatic heterocycles. The van der Waals surface area contributed by atoms with Gasteiger partial charge in [-0.15, -0.1) is 0 Å². The van der Waals surface area contributed by atoms with Gasteiger partial charge in [0.15, 0.2) is 9.84 Å². The molecule has 1 aromatic carbocycles. The maximum absolute atomic E-state index is 11.6. The molecular weight excluding hydrogens is 350 g/mol. The topological polar surface area (TPSA) is 87.2 Å². The number of hydrogen-bond acceptors (Lipinski definition) is 7. The predicted octanol–water partition coefficient (Wildman–Crippen LogP) is 2.32. The molecule has 1 aromatic heterocycles. The molecule has 0 aliphatic carbocycles. The Kier molecular flexibility index (Phi) is 5.27. The molecule has 1 fully saturated rings. The number of nitrogens with zero attached hydrogens (tertiary/aromatic N) is 3. The van der Waals surface area contributed by atoms with Gasteiger partial charge >= 0.3 is 0 Å². The Labute approximate surface area is 154 Å². The molecule has 2 N–H and O–H groups in total. The van der Waals surface area contributed by atoms with E-state index in [-0.39, 0.29) is 10.9 Å². The lowest BCUT2D eigenvalue weighted by Crippen LogP contribution is -2.39. The van der Waals surface area contributed by atoms with Crippen LogP contribution < -0.4 is 10.6 Å². The Balaban J connectivity index is 1.80. The van der Waals surface area contributed by atoms with Gasteiger partial charge in [-0.05, 0) is 51.1 Å². The van der Waals surface area contributed by atoms with E-state index in [9.17, 15) is 8.42 Å². The number of nitrogens with one attached hydrogen (secondary N) is 2. The monoisotopic (exact) mass is 375 g/mol. The summed E-state index contributed by atoms with van der Waals surface area (Å²) < 4.78 is 23.1. The minimum absolute atomic E-state index is 0.196. The second kappa shape index (κ2) is 7.30. The van der Waals surface area contributed by atoms with Crippen molar-refractivity contribution in [3.8, 4) is 0 Å². The van der Waals surface area contributed by atoms with Crippen molar-refractivity contribution in [1.29, 1.82) is 0 Å². The van der Waals surface area contributed by atoms with Gasteiger partial charge in [-0.3, -0.25) is 10.2 Å². The van der Waals surface area contributed by atoms with Gasteiger partial charge < -0.3 is 5.32 Å². The molecular formula is C18H25N5O2S. The second-order valence-electron chi connectivity index (χ2n) is 6.87. The van der Waals surface area contributed by atoms with Crippen molar-refractivity contribution in [2.75, 3.05) is 18.1 Å². The number of aromatic nitrogens is 2. The third kappa shape index (κ3) is 4.03. The molecule has 1 saturated heterocycles. The fraction of sp³-hybridized carbons (Fsp3) is 0.444. The lowest BCUT2D eigenvalue weighted by atomic mass is 10.1. The van der Waals surface area contributed by atoms with Crippen molar-refractivity contribution in [3.05, 3.63) is 42.2 Å². The van der Waals surface area contributed by atoms with Gasteiger partial charge in [0.25, 0.3) is 0 Å². The van der Waals surface area contributed by atoms with Gasteiger partial charge in [0, 0.05) is 30.7 Å². The first kappa shape index (κ1) is 18.8. The fourth-order valence-corrected chi connectivity index (χ4v) is 3.99. The molecule has 0 bridgehead atoms. The zero-order chi connectivity index (χ0) is 18.9. The van der Waals surface area contributed by atoms with Crippen molar-refractivity contribution in [2.45, 2.75) is 43.9 Å². The smallest absolute Gasteiger partial charge is 0.227 e. The van der Waals surface area contributed by atoms with Gasteiger partial charge in [-0.1, -0.05) is 0 Å². The number of hydrogen-bond donors (Lipinski definition) is 2. The van der Waals surface area contributed by atoms with E-state index >= 15 is 0 Å². The van der Waals surface area contributed by atoms with Gasteiger partial charge in [0.05, 0.1) is 22.8 Å². The number of sulfone groups is 1. The van der Waals surface area contributed by atoms with Crippen LogP contribution in [-0.4, -0.2) is 48.3 Å². The summed E-state index contributed by atoms with van der Waals surface area (Å²) in [6.07, 6.45) is 3.24. The first-order valence-corrected chi connectivity index (χ1v) is 10.6. The molecule has 0 spiro atoms. The van der Waals surface area contributed by atoms with Gasteiger partial charge in [0.1, 0.15) is 0 Å². The molecule has 0 radical (unpaired) electrons. The summed E-state index contributed by atoms with van der Waals surface area (Å²) in [5, 5.41) is 6.62. The highest BCUT2D eigenvalue weighted by molar-refractivity contribution is 7.90. The van der Waals surface area contributed by atoms with Gasteiger partial charge in [-0.25, -0.2) is 18.4 Å². The Morgan fingerprint density at radius 3 is 2.54 bits per heavy atom. The zero-order valence-corrected chi connectivity index (χ0v) is 16.3. The van der Waals surface area contributed by atoms with E-state index in [4.69, 9.17) is 0 Å². The maximum Gasteiger partial charge on any atom is 0.227 e. The molecule has 0 amide bonds. The molecule has 8 heteroatoms. The van der Waals surface area contributed by atoms with Crippen LogP contribution in [0.1, 0.15) is 32.5 Å². The van der Waals surface area contributed by atoms with E-state index in [0.717, 1.165) is 17.9 Å². The zero-order valence-electron chi connectivity index (χ0n) is 15.5. The largest absolute Gasteiger partial charge is 0.324 e. The molecule has 0 saturated carbocycles. The van der Waals surface area contributed by atoms with Crippen molar-refractivity contribution in [3.63, 3.8) is 0 Å².